The molecule has 116 valence electrons. The summed E-state index contributed by atoms with van der Waals surface area (Å²) in [6.45, 7) is 7.15. The predicted octanol–water partition coefficient (Wildman–Crippen LogP) is -2.70. The molecular formula is C12H25N5O3. The molecule has 8 nitrogen and oxygen atoms in total. The molecule has 20 heavy (non-hydrogen) atoms. The molecule has 0 saturated heterocycles. The molecule has 1 heterocycles. The number of nitrogens with one attached hydrogen (secondary N) is 3. The maximum absolute atomic E-state index is 9.92. The molecule has 0 amide bonds. The van der Waals surface area contributed by atoms with Crippen molar-refractivity contribution in [1.29, 1.82) is 0 Å². The fraction of sp³-hybridized carbons (Fsp3) is 0.667. The maximum atomic E-state index is 9.92. The number of nitrogens with two attached hydrogens (primary N) is 2. The fourth-order valence-electron chi connectivity index (χ4n) is 1.24. The summed E-state index contributed by atoms with van der Waals surface area (Å²) in [5, 5.41) is 9.71. The van der Waals surface area contributed by atoms with Crippen molar-refractivity contribution in [2.45, 2.75) is 0 Å². The van der Waals surface area contributed by atoms with Gasteiger partial charge >= 0.3 is 11.9 Å². The van der Waals surface area contributed by atoms with Gasteiger partial charge in [-0.3, -0.25) is 0 Å². The molecule has 0 saturated carbocycles. The quantitative estimate of drug-likeness (QED) is 0.167. The van der Waals surface area contributed by atoms with Gasteiger partial charge in [0.2, 0.25) is 0 Å². The van der Waals surface area contributed by atoms with Gasteiger partial charge in [-0.15, -0.1) is 0 Å². The number of cyclic esters (lactones) is 2. The highest BCUT2D eigenvalue weighted by Gasteiger charge is 2.10. The van der Waals surface area contributed by atoms with E-state index in [1.807, 2.05) is 0 Å². The normalized spacial score (nSPS) is 13.1. The van der Waals surface area contributed by atoms with E-state index in [1.165, 1.54) is 0 Å². The topological polar surface area (TPSA) is 131 Å². The van der Waals surface area contributed by atoms with Gasteiger partial charge in [0.15, 0.2) is 0 Å². The van der Waals surface area contributed by atoms with E-state index in [0.717, 1.165) is 51.4 Å². The van der Waals surface area contributed by atoms with Gasteiger partial charge in [0, 0.05) is 64.5 Å². The maximum Gasteiger partial charge on any atom is 0.338 e. The van der Waals surface area contributed by atoms with Crippen LogP contribution < -0.4 is 27.4 Å². The zero-order valence-electron chi connectivity index (χ0n) is 11.7. The zero-order valence-corrected chi connectivity index (χ0v) is 11.7. The van der Waals surface area contributed by atoms with Crippen LogP contribution in [0.5, 0.6) is 0 Å². The monoisotopic (exact) mass is 287 g/mol. The molecule has 0 bridgehead atoms. The van der Waals surface area contributed by atoms with Crippen LogP contribution in [0.4, 0.5) is 0 Å². The van der Waals surface area contributed by atoms with Gasteiger partial charge in [-0.1, -0.05) is 0 Å². The molecule has 0 aromatic rings. The molecule has 0 aliphatic carbocycles. The highest BCUT2D eigenvalue weighted by Crippen LogP contribution is 1.92. The lowest BCUT2D eigenvalue weighted by Crippen LogP contribution is -2.35. The Morgan fingerprint density at radius 2 is 1.10 bits per heavy atom. The number of hydrogen-bond donors (Lipinski definition) is 5. The Morgan fingerprint density at radius 1 is 0.750 bits per heavy atom. The summed E-state index contributed by atoms with van der Waals surface area (Å²) in [4.78, 5) is 19.8. The van der Waals surface area contributed by atoms with Gasteiger partial charge in [0.05, 0.1) is 0 Å². The van der Waals surface area contributed by atoms with E-state index in [-0.39, 0.29) is 0 Å². The van der Waals surface area contributed by atoms with Crippen LogP contribution in [0, 0.1) is 0 Å². The number of carbonyl (C=O) groups excluding carboxylic acids is 2. The van der Waals surface area contributed by atoms with Crippen molar-refractivity contribution < 1.29 is 14.3 Å². The van der Waals surface area contributed by atoms with E-state index in [4.69, 9.17) is 11.5 Å². The first-order valence-electron chi connectivity index (χ1n) is 6.66. The number of carbonyl (C=O) groups is 2. The van der Waals surface area contributed by atoms with Crippen molar-refractivity contribution in [1.82, 2.24) is 16.0 Å². The van der Waals surface area contributed by atoms with Crippen LogP contribution in [0.3, 0.4) is 0 Å². The SMILES string of the molecule is NCCNCCNCCNCCN.O=C1C=CC(=O)O1. The summed E-state index contributed by atoms with van der Waals surface area (Å²) in [6.07, 6.45) is 2.17. The van der Waals surface area contributed by atoms with Gasteiger partial charge < -0.3 is 32.2 Å². The van der Waals surface area contributed by atoms with E-state index in [9.17, 15) is 9.59 Å². The largest absolute Gasteiger partial charge is 0.387 e. The molecule has 7 N–H and O–H groups in total. The number of esters is 2. The Kier molecular flexibility index (Phi) is 13.2. The van der Waals surface area contributed by atoms with Crippen LogP contribution in [-0.2, 0) is 14.3 Å². The smallest absolute Gasteiger partial charge is 0.338 e. The second-order valence-electron chi connectivity index (χ2n) is 3.90. The van der Waals surface area contributed by atoms with E-state index in [2.05, 4.69) is 20.7 Å². The van der Waals surface area contributed by atoms with Crippen molar-refractivity contribution in [3.8, 4) is 0 Å². The van der Waals surface area contributed by atoms with Crippen LogP contribution in [-0.4, -0.2) is 64.3 Å². The van der Waals surface area contributed by atoms with Crippen LogP contribution in [0.2, 0.25) is 0 Å². The molecule has 0 aromatic heterocycles. The second kappa shape index (κ2) is 14.1. The van der Waals surface area contributed by atoms with E-state index in [1.54, 1.807) is 0 Å². The van der Waals surface area contributed by atoms with Crippen LogP contribution in [0.1, 0.15) is 0 Å². The molecule has 0 aromatic carbocycles. The number of rotatable bonds is 10. The summed E-state index contributed by atoms with van der Waals surface area (Å²) in [6, 6.07) is 0. The summed E-state index contributed by atoms with van der Waals surface area (Å²) in [5.74, 6) is -1.16. The Balaban J connectivity index is 0.000000428. The molecule has 0 unspecified atom stereocenters. The first kappa shape index (κ1) is 18.7. The predicted molar refractivity (Wildman–Crippen MR) is 77.0 cm³/mol. The van der Waals surface area contributed by atoms with Crippen LogP contribution >= 0.6 is 0 Å². The fourth-order valence-corrected chi connectivity index (χ4v) is 1.24. The summed E-state index contributed by atoms with van der Waals surface area (Å²) in [5.41, 5.74) is 10.6. The van der Waals surface area contributed by atoms with Gasteiger partial charge in [0.25, 0.3) is 0 Å². The zero-order chi connectivity index (χ0) is 15.1. The highest BCUT2D eigenvalue weighted by atomic mass is 16.6. The molecule has 1 rings (SSSR count). The van der Waals surface area contributed by atoms with E-state index < -0.39 is 11.9 Å². The minimum atomic E-state index is -0.579. The molecular weight excluding hydrogens is 262 g/mol. The van der Waals surface area contributed by atoms with Crippen molar-refractivity contribution >= 4 is 11.9 Å². The first-order chi connectivity index (χ1) is 9.70. The second-order valence-corrected chi connectivity index (χ2v) is 3.90. The molecule has 0 fully saturated rings. The molecule has 0 spiro atoms. The van der Waals surface area contributed by atoms with Gasteiger partial charge in [-0.25, -0.2) is 9.59 Å². The standard InChI is InChI=1S/C8H23N5.C4H2O3/c9-1-3-11-5-7-13-8-6-12-4-2-10;5-3-1-2-4(6)7-3/h11-13H,1-10H2;1-2H. The Bertz CT molecular complexity index is 271. The van der Waals surface area contributed by atoms with Crippen molar-refractivity contribution in [3.63, 3.8) is 0 Å². The lowest BCUT2D eigenvalue weighted by atomic mass is 10.5. The van der Waals surface area contributed by atoms with E-state index >= 15 is 0 Å². The lowest BCUT2D eigenvalue weighted by Gasteiger charge is -2.06. The van der Waals surface area contributed by atoms with Gasteiger partial charge in [0.1, 0.15) is 0 Å². The highest BCUT2D eigenvalue weighted by molar-refractivity contribution is 6.04. The number of hydrogen-bond acceptors (Lipinski definition) is 8. The van der Waals surface area contributed by atoms with Crippen LogP contribution in [0.15, 0.2) is 12.2 Å². The lowest BCUT2D eigenvalue weighted by molar-refractivity contribution is -0.150. The average molecular weight is 287 g/mol. The van der Waals surface area contributed by atoms with Crippen LogP contribution in [0.25, 0.3) is 0 Å². The molecule has 8 heteroatoms. The third-order valence-corrected chi connectivity index (χ3v) is 2.16. The minimum Gasteiger partial charge on any atom is -0.387 e. The Labute approximate surface area is 119 Å². The third-order valence-electron chi connectivity index (χ3n) is 2.16. The Hall–Kier alpha value is -1.32. The van der Waals surface area contributed by atoms with Crippen molar-refractivity contribution in [2.75, 3.05) is 52.4 Å². The molecule has 1 aliphatic rings. The van der Waals surface area contributed by atoms with Crippen molar-refractivity contribution in [2.24, 2.45) is 11.5 Å². The Morgan fingerprint density at radius 3 is 1.35 bits per heavy atom. The van der Waals surface area contributed by atoms with Gasteiger partial charge in [-0.05, 0) is 0 Å². The number of ether oxygens (including phenoxy) is 1. The summed E-state index contributed by atoms with van der Waals surface area (Å²) < 4.78 is 3.97. The molecule has 0 atom stereocenters. The minimum absolute atomic E-state index is 0.579. The third kappa shape index (κ3) is 13.1. The summed E-state index contributed by atoms with van der Waals surface area (Å²) >= 11 is 0. The van der Waals surface area contributed by atoms with Crippen molar-refractivity contribution in [3.05, 3.63) is 12.2 Å². The van der Waals surface area contributed by atoms with E-state index in [0.29, 0.717) is 13.1 Å². The summed E-state index contributed by atoms with van der Waals surface area (Å²) in [7, 11) is 0. The molecule has 0 radical (unpaired) electrons. The average Bonchev–Trinajstić information content (AvgIpc) is 2.81. The first-order valence-corrected chi connectivity index (χ1v) is 6.66. The van der Waals surface area contributed by atoms with Gasteiger partial charge in [-0.2, -0.15) is 0 Å². The molecule has 1 aliphatic heterocycles.